The fraction of sp³-hybridized carbons (Fsp3) is 0.0588. The van der Waals surface area contributed by atoms with Crippen LogP contribution in [0.15, 0.2) is 42.0 Å². The lowest BCUT2D eigenvalue weighted by Gasteiger charge is -2.11. The second kappa shape index (κ2) is 7.56. The van der Waals surface area contributed by atoms with Crippen molar-refractivity contribution in [1.29, 1.82) is 10.5 Å². The second-order valence-electron chi connectivity index (χ2n) is 4.37. The van der Waals surface area contributed by atoms with E-state index in [1.165, 1.54) is 13.2 Å². The van der Waals surface area contributed by atoms with Gasteiger partial charge in [-0.3, -0.25) is 0 Å². The normalized spacial score (nSPS) is 9.43. The number of ether oxygens (including phenoxy) is 2. The van der Waals surface area contributed by atoms with E-state index in [9.17, 15) is 0 Å². The molecule has 0 heterocycles. The van der Waals surface area contributed by atoms with Crippen LogP contribution in [0.2, 0.25) is 10.0 Å². The quantitative estimate of drug-likeness (QED) is 0.712. The first-order valence-electron chi connectivity index (χ1n) is 6.40. The molecule has 0 aliphatic rings. The standard InChI is InChI=1S/C17H10Cl2N2O2/c1-22-16-5-2-11(6-12(9-20)10-21)7-17(16)23-13-3-4-14(18)15(19)8-13/h2-8H,1H3. The monoisotopic (exact) mass is 344 g/mol. The van der Waals surface area contributed by atoms with Gasteiger partial charge in [-0.25, -0.2) is 0 Å². The summed E-state index contributed by atoms with van der Waals surface area (Å²) in [7, 11) is 1.52. The highest BCUT2D eigenvalue weighted by Crippen LogP contribution is 2.35. The van der Waals surface area contributed by atoms with Gasteiger partial charge in [0, 0.05) is 6.07 Å². The van der Waals surface area contributed by atoms with Gasteiger partial charge < -0.3 is 9.47 Å². The van der Waals surface area contributed by atoms with Gasteiger partial charge in [-0.1, -0.05) is 29.3 Å². The maximum absolute atomic E-state index is 8.83. The molecule has 0 amide bonds. The van der Waals surface area contributed by atoms with Crippen LogP contribution in [0, 0.1) is 22.7 Å². The molecule has 0 bridgehead atoms. The summed E-state index contributed by atoms with van der Waals surface area (Å²) in [5.41, 5.74) is 0.634. The third-order valence-electron chi connectivity index (χ3n) is 2.86. The highest BCUT2D eigenvalue weighted by molar-refractivity contribution is 6.42. The zero-order valence-corrected chi connectivity index (χ0v) is 13.5. The van der Waals surface area contributed by atoms with Crippen LogP contribution < -0.4 is 9.47 Å². The molecule has 0 atom stereocenters. The minimum absolute atomic E-state index is 0.00402. The molecule has 23 heavy (non-hydrogen) atoms. The van der Waals surface area contributed by atoms with Gasteiger partial charge in [0.2, 0.25) is 0 Å². The number of allylic oxidation sites excluding steroid dienone is 1. The molecule has 0 spiro atoms. The summed E-state index contributed by atoms with van der Waals surface area (Å²) in [6.07, 6.45) is 1.46. The number of hydrogen-bond donors (Lipinski definition) is 0. The largest absolute Gasteiger partial charge is 0.493 e. The zero-order chi connectivity index (χ0) is 16.8. The summed E-state index contributed by atoms with van der Waals surface area (Å²) in [4.78, 5) is 0. The topological polar surface area (TPSA) is 66.0 Å². The van der Waals surface area contributed by atoms with Gasteiger partial charge in [-0.2, -0.15) is 10.5 Å². The van der Waals surface area contributed by atoms with E-state index in [1.807, 2.05) is 12.1 Å². The summed E-state index contributed by atoms with van der Waals surface area (Å²) in [5.74, 6) is 1.41. The van der Waals surface area contributed by atoms with Gasteiger partial charge in [0.1, 0.15) is 23.5 Å². The third kappa shape index (κ3) is 4.17. The molecule has 114 valence electrons. The molecule has 0 aromatic heterocycles. The molecule has 2 aromatic rings. The summed E-state index contributed by atoms with van der Waals surface area (Å²) in [6, 6.07) is 13.6. The highest BCUT2D eigenvalue weighted by atomic mass is 35.5. The van der Waals surface area contributed by atoms with Crippen molar-refractivity contribution in [3.8, 4) is 29.4 Å². The number of benzene rings is 2. The van der Waals surface area contributed by atoms with Crippen molar-refractivity contribution in [2.75, 3.05) is 7.11 Å². The van der Waals surface area contributed by atoms with Crippen molar-refractivity contribution in [3.63, 3.8) is 0 Å². The zero-order valence-electron chi connectivity index (χ0n) is 12.0. The van der Waals surface area contributed by atoms with E-state index in [-0.39, 0.29) is 5.57 Å². The van der Waals surface area contributed by atoms with Crippen molar-refractivity contribution in [3.05, 3.63) is 57.6 Å². The Morgan fingerprint density at radius 2 is 1.74 bits per heavy atom. The molecular formula is C17H10Cl2N2O2. The first kappa shape index (κ1) is 16.7. The summed E-state index contributed by atoms with van der Waals surface area (Å²) in [5, 5.41) is 18.4. The predicted octanol–water partition coefficient (Wildman–Crippen LogP) is 5.22. The SMILES string of the molecule is COc1ccc(C=C(C#N)C#N)cc1Oc1ccc(Cl)c(Cl)c1. The van der Waals surface area contributed by atoms with Gasteiger partial charge in [-0.15, -0.1) is 0 Å². The predicted molar refractivity (Wildman–Crippen MR) is 88.7 cm³/mol. The van der Waals surface area contributed by atoms with Crippen LogP contribution in [0.25, 0.3) is 6.08 Å². The van der Waals surface area contributed by atoms with Crippen LogP contribution in [-0.2, 0) is 0 Å². The van der Waals surface area contributed by atoms with Crippen LogP contribution >= 0.6 is 23.2 Å². The second-order valence-corrected chi connectivity index (χ2v) is 5.18. The van der Waals surface area contributed by atoms with Gasteiger partial charge >= 0.3 is 0 Å². The van der Waals surface area contributed by atoms with Crippen molar-refractivity contribution in [2.24, 2.45) is 0 Å². The first-order valence-corrected chi connectivity index (χ1v) is 7.16. The van der Waals surface area contributed by atoms with Crippen molar-refractivity contribution < 1.29 is 9.47 Å². The number of nitriles is 2. The smallest absolute Gasteiger partial charge is 0.169 e. The van der Waals surface area contributed by atoms with E-state index >= 15 is 0 Å². The van der Waals surface area contributed by atoms with Gasteiger partial charge in [-0.05, 0) is 35.9 Å². The molecule has 0 aliphatic heterocycles. The molecule has 0 saturated heterocycles. The molecular weight excluding hydrogens is 335 g/mol. The summed E-state index contributed by atoms with van der Waals surface area (Å²) >= 11 is 11.8. The molecule has 6 heteroatoms. The van der Waals surface area contributed by atoms with E-state index < -0.39 is 0 Å². The molecule has 2 aromatic carbocycles. The van der Waals surface area contributed by atoms with E-state index in [4.69, 9.17) is 43.2 Å². The van der Waals surface area contributed by atoms with Crippen LogP contribution in [0.5, 0.6) is 17.2 Å². The average molecular weight is 345 g/mol. The van der Waals surface area contributed by atoms with E-state index in [1.54, 1.807) is 36.4 Å². The number of methoxy groups -OCH3 is 1. The van der Waals surface area contributed by atoms with Crippen LogP contribution in [0.4, 0.5) is 0 Å². The fourth-order valence-electron chi connectivity index (χ4n) is 1.79. The minimum Gasteiger partial charge on any atom is -0.493 e. The summed E-state index contributed by atoms with van der Waals surface area (Å²) < 4.78 is 11.0. The molecule has 0 aliphatic carbocycles. The highest BCUT2D eigenvalue weighted by Gasteiger charge is 2.08. The molecule has 0 fully saturated rings. The van der Waals surface area contributed by atoms with Crippen LogP contribution in [-0.4, -0.2) is 7.11 Å². The number of rotatable bonds is 4. The van der Waals surface area contributed by atoms with Crippen LogP contribution in [0.1, 0.15) is 5.56 Å². The fourth-order valence-corrected chi connectivity index (χ4v) is 2.07. The molecule has 2 rings (SSSR count). The van der Waals surface area contributed by atoms with Crippen molar-refractivity contribution in [1.82, 2.24) is 0 Å². The van der Waals surface area contributed by atoms with E-state index in [0.29, 0.717) is 32.9 Å². The van der Waals surface area contributed by atoms with Gasteiger partial charge in [0.25, 0.3) is 0 Å². The Hall–Kier alpha value is -2.66. The van der Waals surface area contributed by atoms with Gasteiger partial charge in [0.05, 0.1) is 17.2 Å². The Morgan fingerprint density at radius 3 is 2.35 bits per heavy atom. The minimum atomic E-state index is -0.00402. The molecule has 0 unspecified atom stereocenters. The lowest BCUT2D eigenvalue weighted by molar-refractivity contribution is 0.379. The van der Waals surface area contributed by atoms with Crippen LogP contribution in [0.3, 0.4) is 0 Å². The Bertz CT molecular complexity index is 833. The Kier molecular flexibility index (Phi) is 5.49. The summed E-state index contributed by atoms with van der Waals surface area (Å²) in [6.45, 7) is 0. The Labute approximate surface area is 143 Å². The average Bonchev–Trinajstić information content (AvgIpc) is 2.56. The Morgan fingerprint density at radius 1 is 1.00 bits per heavy atom. The lowest BCUT2D eigenvalue weighted by atomic mass is 10.1. The number of halogens is 2. The molecule has 4 nitrogen and oxygen atoms in total. The maximum atomic E-state index is 8.83. The van der Waals surface area contributed by atoms with E-state index in [0.717, 1.165) is 0 Å². The maximum Gasteiger partial charge on any atom is 0.169 e. The van der Waals surface area contributed by atoms with E-state index in [2.05, 4.69) is 0 Å². The third-order valence-corrected chi connectivity index (χ3v) is 3.60. The van der Waals surface area contributed by atoms with Gasteiger partial charge in [0.15, 0.2) is 11.5 Å². The lowest BCUT2D eigenvalue weighted by Crippen LogP contribution is -1.91. The first-order chi connectivity index (χ1) is 11.1. The Balaban J connectivity index is 2.40. The van der Waals surface area contributed by atoms with Crippen molar-refractivity contribution >= 4 is 29.3 Å². The molecule has 0 radical (unpaired) electrons. The molecule has 0 N–H and O–H groups in total. The molecule has 0 saturated carbocycles. The van der Waals surface area contributed by atoms with Crippen molar-refractivity contribution in [2.45, 2.75) is 0 Å². The number of hydrogen-bond acceptors (Lipinski definition) is 4. The number of nitrogens with zero attached hydrogens (tertiary/aromatic N) is 2.